The fourth-order valence-corrected chi connectivity index (χ4v) is 1.90. The molecule has 3 aromatic rings. The quantitative estimate of drug-likeness (QED) is 0.677. The Morgan fingerprint density at radius 2 is 1.58 bits per heavy atom. The zero-order valence-corrected chi connectivity index (χ0v) is 12.3. The van der Waals surface area contributed by atoms with E-state index in [2.05, 4.69) is 20.8 Å². The van der Waals surface area contributed by atoms with Gasteiger partial charge in [-0.1, -0.05) is 0 Å². The molecule has 0 aliphatic heterocycles. The smallest absolute Gasteiger partial charge is 0.291 e. The Morgan fingerprint density at radius 1 is 0.917 bits per heavy atom. The standard InChI is InChI=1S/C16H12N4O4/c21-14-8-7-12(19-20-14)15(22)17-10-3-5-11(6-4-10)18-16(23)13-2-1-9-24-13/h1-9H,(H,17,22)(H,18,23)(H,20,21). The van der Waals surface area contributed by atoms with Crippen molar-refractivity contribution in [2.45, 2.75) is 0 Å². The van der Waals surface area contributed by atoms with Gasteiger partial charge in [0.1, 0.15) is 5.69 Å². The Bertz CT molecular complexity index is 894. The van der Waals surface area contributed by atoms with Crippen LogP contribution in [0.3, 0.4) is 0 Å². The number of furan rings is 1. The van der Waals surface area contributed by atoms with Crippen LogP contribution < -0.4 is 16.2 Å². The molecule has 3 rings (SSSR count). The van der Waals surface area contributed by atoms with Crippen LogP contribution in [-0.4, -0.2) is 22.0 Å². The van der Waals surface area contributed by atoms with Crippen LogP contribution in [0.2, 0.25) is 0 Å². The van der Waals surface area contributed by atoms with Crippen LogP contribution in [0, 0.1) is 0 Å². The molecule has 2 amide bonds. The van der Waals surface area contributed by atoms with Gasteiger partial charge in [0.25, 0.3) is 17.4 Å². The third-order valence-corrected chi connectivity index (χ3v) is 3.06. The molecule has 120 valence electrons. The van der Waals surface area contributed by atoms with Crippen molar-refractivity contribution >= 4 is 23.2 Å². The van der Waals surface area contributed by atoms with Crippen LogP contribution >= 0.6 is 0 Å². The maximum Gasteiger partial charge on any atom is 0.291 e. The van der Waals surface area contributed by atoms with Crippen LogP contribution in [0.25, 0.3) is 0 Å². The second-order valence-electron chi connectivity index (χ2n) is 4.77. The average Bonchev–Trinajstić information content (AvgIpc) is 3.12. The van der Waals surface area contributed by atoms with Gasteiger partial charge in [0, 0.05) is 17.4 Å². The normalized spacial score (nSPS) is 10.2. The highest BCUT2D eigenvalue weighted by molar-refractivity contribution is 6.04. The van der Waals surface area contributed by atoms with Gasteiger partial charge < -0.3 is 15.1 Å². The van der Waals surface area contributed by atoms with Crippen LogP contribution in [0.4, 0.5) is 11.4 Å². The monoisotopic (exact) mass is 324 g/mol. The van der Waals surface area contributed by atoms with Crippen molar-refractivity contribution in [3.05, 3.63) is 76.6 Å². The summed E-state index contributed by atoms with van der Waals surface area (Å²) in [7, 11) is 0. The first-order valence-electron chi connectivity index (χ1n) is 6.94. The molecule has 2 aromatic heterocycles. The Hall–Kier alpha value is -3.68. The van der Waals surface area contributed by atoms with Crippen LogP contribution in [0.5, 0.6) is 0 Å². The minimum absolute atomic E-state index is 0.0878. The summed E-state index contributed by atoms with van der Waals surface area (Å²) in [5, 5.41) is 11.1. The molecular weight excluding hydrogens is 312 g/mol. The molecule has 8 heteroatoms. The highest BCUT2D eigenvalue weighted by Gasteiger charge is 2.10. The molecule has 0 radical (unpaired) electrons. The highest BCUT2D eigenvalue weighted by Crippen LogP contribution is 2.15. The molecule has 0 atom stereocenters. The molecule has 0 aliphatic rings. The van der Waals surface area contributed by atoms with Crippen molar-refractivity contribution in [3.63, 3.8) is 0 Å². The molecule has 1 aromatic carbocycles. The van der Waals surface area contributed by atoms with E-state index in [1.165, 1.54) is 18.4 Å². The van der Waals surface area contributed by atoms with E-state index in [-0.39, 0.29) is 22.9 Å². The van der Waals surface area contributed by atoms with Crippen LogP contribution in [0.15, 0.2) is 64.0 Å². The maximum absolute atomic E-state index is 12.0. The van der Waals surface area contributed by atoms with E-state index < -0.39 is 5.91 Å². The van der Waals surface area contributed by atoms with Gasteiger partial charge in [0.05, 0.1) is 6.26 Å². The number of nitrogens with one attached hydrogen (secondary N) is 3. The van der Waals surface area contributed by atoms with Crippen molar-refractivity contribution in [2.24, 2.45) is 0 Å². The molecular formula is C16H12N4O4. The number of aromatic amines is 1. The summed E-state index contributed by atoms with van der Waals surface area (Å²) in [4.78, 5) is 34.7. The molecule has 0 unspecified atom stereocenters. The Balaban J connectivity index is 1.64. The summed E-state index contributed by atoms with van der Waals surface area (Å²) < 4.78 is 5.00. The minimum atomic E-state index is -0.460. The molecule has 24 heavy (non-hydrogen) atoms. The van der Waals surface area contributed by atoms with E-state index in [4.69, 9.17) is 4.42 Å². The van der Waals surface area contributed by atoms with Gasteiger partial charge in [-0.05, 0) is 42.5 Å². The predicted octanol–water partition coefficient (Wildman–Crippen LogP) is 1.87. The lowest BCUT2D eigenvalue weighted by atomic mass is 10.2. The van der Waals surface area contributed by atoms with Crippen molar-refractivity contribution in [2.75, 3.05) is 10.6 Å². The summed E-state index contributed by atoms with van der Waals surface area (Å²) in [6.45, 7) is 0. The van der Waals surface area contributed by atoms with Gasteiger partial charge in [-0.3, -0.25) is 14.4 Å². The molecule has 0 fully saturated rings. The number of benzene rings is 1. The second-order valence-corrected chi connectivity index (χ2v) is 4.77. The number of carbonyl (C=O) groups is 2. The number of H-pyrrole nitrogens is 1. The van der Waals surface area contributed by atoms with E-state index in [1.807, 2.05) is 0 Å². The molecule has 0 saturated carbocycles. The number of hydrogen-bond acceptors (Lipinski definition) is 5. The topological polar surface area (TPSA) is 117 Å². The first-order valence-corrected chi connectivity index (χ1v) is 6.94. The predicted molar refractivity (Wildman–Crippen MR) is 85.9 cm³/mol. The number of hydrogen-bond donors (Lipinski definition) is 3. The SMILES string of the molecule is O=C(Nc1ccc(NC(=O)c2ccco2)cc1)c1ccc(=O)[nH]n1. The third-order valence-electron chi connectivity index (χ3n) is 3.06. The van der Waals surface area contributed by atoms with E-state index in [0.29, 0.717) is 11.4 Å². The average molecular weight is 324 g/mol. The maximum atomic E-state index is 12.0. The van der Waals surface area contributed by atoms with Crippen molar-refractivity contribution in [3.8, 4) is 0 Å². The molecule has 0 saturated heterocycles. The zero-order chi connectivity index (χ0) is 16.9. The van der Waals surface area contributed by atoms with Gasteiger partial charge in [-0.25, -0.2) is 5.10 Å². The van der Waals surface area contributed by atoms with Crippen LogP contribution in [0.1, 0.15) is 21.0 Å². The molecule has 8 nitrogen and oxygen atoms in total. The number of aromatic nitrogens is 2. The van der Waals surface area contributed by atoms with E-state index in [0.717, 1.165) is 0 Å². The zero-order valence-electron chi connectivity index (χ0n) is 12.3. The fraction of sp³-hybridized carbons (Fsp3) is 0. The van der Waals surface area contributed by atoms with Crippen LogP contribution in [-0.2, 0) is 0 Å². The number of rotatable bonds is 4. The summed E-state index contributed by atoms with van der Waals surface area (Å²) in [5.41, 5.74) is 0.772. The van der Waals surface area contributed by atoms with Crippen molar-refractivity contribution in [1.82, 2.24) is 10.2 Å². The van der Waals surface area contributed by atoms with Gasteiger partial charge in [0.15, 0.2) is 5.76 Å². The van der Waals surface area contributed by atoms with Crippen molar-refractivity contribution in [1.29, 1.82) is 0 Å². The Kier molecular flexibility index (Phi) is 4.19. The summed E-state index contributed by atoms with van der Waals surface area (Å²) in [6.07, 6.45) is 1.42. The summed E-state index contributed by atoms with van der Waals surface area (Å²) >= 11 is 0. The van der Waals surface area contributed by atoms with Crippen molar-refractivity contribution < 1.29 is 14.0 Å². The first kappa shape index (κ1) is 15.2. The molecule has 0 aliphatic carbocycles. The number of anilines is 2. The van der Waals surface area contributed by atoms with Gasteiger partial charge >= 0.3 is 0 Å². The lowest BCUT2D eigenvalue weighted by Crippen LogP contribution is -2.17. The van der Waals surface area contributed by atoms with E-state index in [1.54, 1.807) is 36.4 Å². The summed E-state index contributed by atoms with van der Waals surface area (Å²) in [5.74, 6) is -0.621. The third kappa shape index (κ3) is 3.55. The largest absolute Gasteiger partial charge is 0.459 e. The fourth-order valence-electron chi connectivity index (χ4n) is 1.90. The van der Waals surface area contributed by atoms with Gasteiger partial charge in [-0.2, -0.15) is 5.10 Å². The molecule has 0 bridgehead atoms. The second kappa shape index (κ2) is 6.61. The van der Waals surface area contributed by atoms with Gasteiger partial charge in [-0.15, -0.1) is 0 Å². The summed E-state index contributed by atoms with van der Waals surface area (Å²) in [6, 6.07) is 12.2. The Labute approximate surface area is 135 Å². The lowest BCUT2D eigenvalue weighted by Gasteiger charge is -2.06. The molecule has 0 spiro atoms. The minimum Gasteiger partial charge on any atom is -0.459 e. The van der Waals surface area contributed by atoms with E-state index >= 15 is 0 Å². The molecule has 2 heterocycles. The first-order chi connectivity index (χ1) is 11.6. The highest BCUT2D eigenvalue weighted by atomic mass is 16.3. The number of carbonyl (C=O) groups excluding carboxylic acids is 2. The lowest BCUT2D eigenvalue weighted by molar-refractivity contribution is 0.0994. The Morgan fingerprint density at radius 3 is 2.12 bits per heavy atom. The number of nitrogens with zero attached hydrogens (tertiary/aromatic N) is 1. The van der Waals surface area contributed by atoms with Gasteiger partial charge in [0.2, 0.25) is 0 Å². The van der Waals surface area contributed by atoms with E-state index in [9.17, 15) is 14.4 Å². The number of amides is 2. The molecule has 3 N–H and O–H groups in total.